The number of hydrogen-bond acceptors (Lipinski definition) is 6. The van der Waals surface area contributed by atoms with Gasteiger partial charge in [0.05, 0.1) is 10.8 Å². The van der Waals surface area contributed by atoms with Crippen molar-refractivity contribution in [1.82, 2.24) is 9.97 Å². The van der Waals surface area contributed by atoms with Crippen LogP contribution in [0.4, 0.5) is 5.00 Å². The quantitative estimate of drug-likeness (QED) is 0.529. The standard InChI is InChI=1S/C20H16N4OS2/c1-12(26-20-22-9-4-10-23-20)18(25)24-19-16(11-21)15-8-7-13-5-2-3-6-14(13)17(15)27-19/h2-6,9-10,12H,7-8H2,1H3,(H,24,25). The van der Waals surface area contributed by atoms with Gasteiger partial charge in [-0.25, -0.2) is 9.97 Å². The van der Waals surface area contributed by atoms with Gasteiger partial charge in [0.15, 0.2) is 5.16 Å². The van der Waals surface area contributed by atoms with E-state index in [4.69, 9.17) is 0 Å². The molecular formula is C20H16N4OS2. The SMILES string of the molecule is CC(Sc1ncccn1)C(=O)Nc1sc2c(c1C#N)CCc1ccccc1-2. The number of benzene rings is 1. The van der Waals surface area contributed by atoms with Gasteiger partial charge < -0.3 is 5.32 Å². The first kappa shape index (κ1) is 17.7. The molecule has 1 aliphatic carbocycles. The Morgan fingerprint density at radius 1 is 1.26 bits per heavy atom. The Morgan fingerprint density at radius 2 is 2.04 bits per heavy atom. The summed E-state index contributed by atoms with van der Waals surface area (Å²) in [6, 6.07) is 12.3. The molecular weight excluding hydrogens is 376 g/mol. The molecule has 0 fully saturated rings. The van der Waals surface area contributed by atoms with Crippen molar-refractivity contribution in [3.8, 4) is 16.5 Å². The maximum Gasteiger partial charge on any atom is 0.238 e. The van der Waals surface area contributed by atoms with E-state index in [0.29, 0.717) is 15.7 Å². The number of nitrogens with one attached hydrogen (secondary N) is 1. The second-order valence-corrected chi connectivity index (χ2v) is 8.49. The predicted molar refractivity (Wildman–Crippen MR) is 108 cm³/mol. The van der Waals surface area contributed by atoms with Gasteiger partial charge in [0.2, 0.25) is 5.91 Å². The van der Waals surface area contributed by atoms with Gasteiger partial charge in [-0.3, -0.25) is 4.79 Å². The second-order valence-electron chi connectivity index (χ2n) is 6.16. The highest BCUT2D eigenvalue weighted by atomic mass is 32.2. The topological polar surface area (TPSA) is 78.7 Å². The summed E-state index contributed by atoms with van der Waals surface area (Å²) in [6.45, 7) is 1.81. The molecule has 5 nitrogen and oxygen atoms in total. The molecule has 0 aliphatic heterocycles. The smallest absolute Gasteiger partial charge is 0.238 e. The van der Waals surface area contributed by atoms with Crippen LogP contribution in [-0.2, 0) is 17.6 Å². The largest absolute Gasteiger partial charge is 0.316 e. The Balaban J connectivity index is 1.59. The summed E-state index contributed by atoms with van der Waals surface area (Å²) in [5, 5.41) is 13.4. The number of nitrogens with zero attached hydrogens (tertiary/aromatic N) is 3. The highest BCUT2D eigenvalue weighted by Crippen LogP contribution is 2.44. The number of thioether (sulfide) groups is 1. The summed E-state index contributed by atoms with van der Waals surface area (Å²) in [7, 11) is 0. The molecule has 2 aromatic heterocycles. The van der Waals surface area contributed by atoms with Crippen LogP contribution in [0.5, 0.6) is 0 Å². The van der Waals surface area contributed by atoms with Crippen LogP contribution in [0.2, 0.25) is 0 Å². The van der Waals surface area contributed by atoms with Gasteiger partial charge in [-0.05, 0) is 42.5 Å². The number of carbonyl (C=O) groups is 1. The van der Waals surface area contributed by atoms with E-state index in [1.165, 1.54) is 34.2 Å². The van der Waals surface area contributed by atoms with E-state index in [0.717, 1.165) is 23.3 Å². The Bertz CT molecular complexity index is 1040. The molecule has 134 valence electrons. The van der Waals surface area contributed by atoms with Gasteiger partial charge in [0, 0.05) is 17.3 Å². The third-order valence-electron chi connectivity index (χ3n) is 4.46. The second kappa shape index (κ2) is 7.51. The number of hydrogen-bond donors (Lipinski definition) is 1. The molecule has 4 rings (SSSR count). The molecule has 0 bridgehead atoms. The minimum atomic E-state index is -0.370. The van der Waals surface area contributed by atoms with Crippen molar-refractivity contribution in [2.24, 2.45) is 0 Å². The van der Waals surface area contributed by atoms with Crippen molar-refractivity contribution in [1.29, 1.82) is 5.26 Å². The van der Waals surface area contributed by atoms with Crippen molar-refractivity contribution in [3.63, 3.8) is 0 Å². The molecule has 1 aromatic carbocycles. The van der Waals surface area contributed by atoms with Crippen LogP contribution >= 0.6 is 23.1 Å². The van der Waals surface area contributed by atoms with E-state index < -0.39 is 0 Å². The number of rotatable bonds is 4. The normalized spacial score (nSPS) is 13.2. The zero-order chi connectivity index (χ0) is 18.8. The molecule has 2 heterocycles. The van der Waals surface area contributed by atoms with Crippen LogP contribution in [0, 0.1) is 11.3 Å². The molecule has 0 radical (unpaired) electrons. The summed E-state index contributed by atoms with van der Waals surface area (Å²) in [5.41, 5.74) is 4.09. The molecule has 1 unspecified atom stereocenters. The monoisotopic (exact) mass is 392 g/mol. The van der Waals surface area contributed by atoms with Crippen LogP contribution in [0.1, 0.15) is 23.6 Å². The minimum Gasteiger partial charge on any atom is -0.316 e. The zero-order valence-electron chi connectivity index (χ0n) is 14.6. The number of aryl methyl sites for hydroxylation is 1. The van der Waals surface area contributed by atoms with Crippen LogP contribution in [0.15, 0.2) is 47.9 Å². The third kappa shape index (κ3) is 3.46. The lowest BCUT2D eigenvalue weighted by atomic mass is 9.90. The lowest BCUT2D eigenvalue weighted by Crippen LogP contribution is -2.22. The fourth-order valence-corrected chi connectivity index (χ4v) is 5.11. The average Bonchev–Trinajstić information content (AvgIpc) is 3.06. The summed E-state index contributed by atoms with van der Waals surface area (Å²) in [5.74, 6) is -0.157. The third-order valence-corrected chi connectivity index (χ3v) is 6.63. The van der Waals surface area contributed by atoms with Gasteiger partial charge in [-0.1, -0.05) is 36.0 Å². The molecule has 1 N–H and O–H groups in total. The van der Waals surface area contributed by atoms with Crippen LogP contribution in [-0.4, -0.2) is 21.1 Å². The van der Waals surface area contributed by atoms with E-state index in [1.807, 2.05) is 19.1 Å². The van der Waals surface area contributed by atoms with Gasteiger partial charge in [-0.2, -0.15) is 5.26 Å². The molecule has 0 spiro atoms. The number of fused-ring (bicyclic) bond motifs is 3. The van der Waals surface area contributed by atoms with Gasteiger partial charge >= 0.3 is 0 Å². The van der Waals surface area contributed by atoms with E-state index in [2.05, 4.69) is 33.5 Å². The Kier molecular flexibility index (Phi) is 4.92. The summed E-state index contributed by atoms with van der Waals surface area (Å²) in [6.07, 6.45) is 5.04. The van der Waals surface area contributed by atoms with Crippen molar-refractivity contribution < 1.29 is 4.79 Å². The van der Waals surface area contributed by atoms with Gasteiger partial charge in [0.1, 0.15) is 11.1 Å². The molecule has 3 aromatic rings. The lowest BCUT2D eigenvalue weighted by Gasteiger charge is -2.15. The summed E-state index contributed by atoms with van der Waals surface area (Å²) >= 11 is 2.78. The van der Waals surface area contributed by atoms with Crippen molar-refractivity contribution in [3.05, 3.63) is 59.4 Å². The predicted octanol–water partition coefficient (Wildman–Crippen LogP) is 4.29. The fourth-order valence-electron chi connectivity index (χ4n) is 3.12. The van der Waals surface area contributed by atoms with Crippen LogP contribution < -0.4 is 5.32 Å². The van der Waals surface area contributed by atoms with E-state index in [-0.39, 0.29) is 11.2 Å². The molecule has 1 atom stereocenters. The first-order valence-corrected chi connectivity index (χ1v) is 10.3. The van der Waals surface area contributed by atoms with Crippen LogP contribution in [0.25, 0.3) is 10.4 Å². The molecule has 27 heavy (non-hydrogen) atoms. The lowest BCUT2D eigenvalue weighted by molar-refractivity contribution is -0.115. The van der Waals surface area contributed by atoms with Gasteiger partial charge in [0.25, 0.3) is 0 Å². The number of carbonyl (C=O) groups excluding carboxylic acids is 1. The Hall–Kier alpha value is -2.69. The zero-order valence-corrected chi connectivity index (χ0v) is 16.2. The number of thiophene rings is 1. The number of nitriles is 1. The first-order chi connectivity index (χ1) is 13.2. The van der Waals surface area contributed by atoms with Gasteiger partial charge in [-0.15, -0.1) is 11.3 Å². The Labute approximate surface area is 165 Å². The van der Waals surface area contributed by atoms with Crippen molar-refractivity contribution in [2.75, 3.05) is 5.32 Å². The van der Waals surface area contributed by atoms with Crippen molar-refractivity contribution >= 4 is 34.0 Å². The molecule has 0 saturated heterocycles. The highest BCUT2D eigenvalue weighted by Gasteiger charge is 2.26. The number of anilines is 1. The number of amides is 1. The maximum absolute atomic E-state index is 12.7. The fraction of sp³-hybridized carbons (Fsp3) is 0.200. The number of aromatic nitrogens is 2. The van der Waals surface area contributed by atoms with E-state index in [1.54, 1.807) is 18.5 Å². The average molecular weight is 393 g/mol. The minimum absolute atomic E-state index is 0.157. The van der Waals surface area contributed by atoms with E-state index >= 15 is 0 Å². The first-order valence-electron chi connectivity index (χ1n) is 8.56. The Morgan fingerprint density at radius 3 is 2.81 bits per heavy atom. The molecule has 1 aliphatic rings. The maximum atomic E-state index is 12.7. The summed E-state index contributed by atoms with van der Waals surface area (Å²) < 4.78 is 0. The molecule has 7 heteroatoms. The summed E-state index contributed by atoms with van der Waals surface area (Å²) in [4.78, 5) is 22.0. The van der Waals surface area contributed by atoms with E-state index in [9.17, 15) is 10.1 Å². The highest BCUT2D eigenvalue weighted by molar-refractivity contribution is 8.00. The van der Waals surface area contributed by atoms with Crippen molar-refractivity contribution in [2.45, 2.75) is 30.2 Å². The molecule has 1 amide bonds. The van der Waals surface area contributed by atoms with Crippen LogP contribution in [0.3, 0.4) is 0 Å². The molecule has 0 saturated carbocycles.